The lowest BCUT2D eigenvalue weighted by Crippen LogP contribution is -2.25. The van der Waals surface area contributed by atoms with Gasteiger partial charge in [-0.25, -0.2) is 4.79 Å². The van der Waals surface area contributed by atoms with Crippen LogP contribution in [0.5, 0.6) is 0 Å². The van der Waals surface area contributed by atoms with E-state index in [2.05, 4.69) is 15.3 Å². The van der Waals surface area contributed by atoms with Crippen LogP contribution in [0.1, 0.15) is 11.3 Å². The molecular weight excluding hydrogens is 254 g/mol. The highest BCUT2D eigenvalue weighted by Gasteiger charge is 1.97. The Bertz CT molecular complexity index is 603. The summed E-state index contributed by atoms with van der Waals surface area (Å²) in [6.07, 6.45) is 0. The maximum Gasteiger partial charge on any atom is 0.325 e. The molecule has 3 N–H and O–H groups in total. The van der Waals surface area contributed by atoms with Crippen molar-refractivity contribution >= 4 is 11.6 Å². The minimum Gasteiger partial charge on any atom is -0.310 e. The number of rotatable bonds is 4. The lowest BCUT2D eigenvalue weighted by Gasteiger charge is -2.04. The molecule has 0 aliphatic carbocycles. The van der Waals surface area contributed by atoms with Gasteiger partial charge in [0.2, 0.25) is 0 Å². The second-order valence-corrected chi connectivity index (χ2v) is 4.28. The predicted octanol–water partition coefficient (Wildman–Crippen LogP) is 1.01. The Kier molecular flexibility index (Phi) is 3.96. The quantitative estimate of drug-likeness (QED) is 0.772. The summed E-state index contributed by atoms with van der Waals surface area (Å²) in [5.74, 6) is 0. The average Bonchev–Trinajstić information content (AvgIpc) is 2.30. The van der Waals surface area contributed by atoms with Crippen molar-refractivity contribution in [1.29, 1.82) is 0 Å². The summed E-state index contributed by atoms with van der Waals surface area (Å²) in [5, 5.41) is 3.82. The summed E-state index contributed by atoms with van der Waals surface area (Å²) in [4.78, 5) is 26.8. The number of hydrogen-bond acceptors (Lipinski definition) is 3. The van der Waals surface area contributed by atoms with Gasteiger partial charge in [0.05, 0.1) is 0 Å². The lowest BCUT2D eigenvalue weighted by atomic mass is 10.2. The molecule has 5 nitrogen and oxygen atoms in total. The van der Waals surface area contributed by atoms with Gasteiger partial charge in [-0.2, -0.15) is 0 Å². The Hall–Kier alpha value is -1.85. The first-order chi connectivity index (χ1) is 8.63. The van der Waals surface area contributed by atoms with E-state index in [1.54, 1.807) is 0 Å². The van der Waals surface area contributed by atoms with Gasteiger partial charge in [-0.1, -0.05) is 23.7 Å². The van der Waals surface area contributed by atoms with Crippen molar-refractivity contribution in [3.05, 3.63) is 67.4 Å². The van der Waals surface area contributed by atoms with Gasteiger partial charge in [-0.05, 0) is 17.7 Å². The molecule has 0 fully saturated rings. The van der Waals surface area contributed by atoms with Crippen LogP contribution in [0.25, 0.3) is 0 Å². The van der Waals surface area contributed by atoms with Crippen LogP contribution < -0.4 is 16.6 Å². The van der Waals surface area contributed by atoms with Crippen LogP contribution in [-0.4, -0.2) is 9.97 Å². The number of benzene rings is 1. The molecule has 94 valence electrons. The molecule has 18 heavy (non-hydrogen) atoms. The SMILES string of the molecule is O=c1cc(CNCc2ccc(Cl)cc2)[nH]c(=O)[nH]1. The van der Waals surface area contributed by atoms with E-state index in [9.17, 15) is 9.59 Å². The van der Waals surface area contributed by atoms with Crippen LogP contribution >= 0.6 is 11.6 Å². The minimum atomic E-state index is -0.495. The van der Waals surface area contributed by atoms with Crippen LogP contribution in [0.4, 0.5) is 0 Å². The first kappa shape index (κ1) is 12.6. The molecule has 0 atom stereocenters. The van der Waals surface area contributed by atoms with Crippen LogP contribution in [0.3, 0.4) is 0 Å². The minimum absolute atomic E-state index is 0.401. The first-order valence-electron chi connectivity index (χ1n) is 5.41. The van der Waals surface area contributed by atoms with E-state index in [0.29, 0.717) is 23.8 Å². The summed E-state index contributed by atoms with van der Waals surface area (Å²) in [6, 6.07) is 8.81. The van der Waals surface area contributed by atoms with E-state index in [1.165, 1.54) is 6.07 Å². The van der Waals surface area contributed by atoms with Crippen LogP contribution in [0, 0.1) is 0 Å². The monoisotopic (exact) mass is 265 g/mol. The topological polar surface area (TPSA) is 77.8 Å². The van der Waals surface area contributed by atoms with E-state index >= 15 is 0 Å². The van der Waals surface area contributed by atoms with Crippen LogP contribution in [0.2, 0.25) is 5.02 Å². The fourth-order valence-corrected chi connectivity index (χ4v) is 1.68. The number of aromatic amines is 2. The first-order valence-corrected chi connectivity index (χ1v) is 5.79. The molecule has 0 amide bonds. The van der Waals surface area contributed by atoms with Gasteiger partial charge in [0.1, 0.15) is 0 Å². The van der Waals surface area contributed by atoms with E-state index in [4.69, 9.17) is 11.6 Å². The number of H-pyrrole nitrogens is 2. The van der Waals surface area contributed by atoms with Crippen molar-refractivity contribution in [2.75, 3.05) is 0 Å². The van der Waals surface area contributed by atoms with Crippen molar-refractivity contribution in [3.8, 4) is 0 Å². The Balaban J connectivity index is 1.94. The van der Waals surface area contributed by atoms with Gasteiger partial charge in [-0.15, -0.1) is 0 Å². The van der Waals surface area contributed by atoms with Gasteiger partial charge in [-0.3, -0.25) is 9.78 Å². The second kappa shape index (κ2) is 5.66. The van der Waals surface area contributed by atoms with E-state index in [1.807, 2.05) is 24.3 Å². The van der Waals surface area contributed by atoms with Crippen LogP contribution in [-0.2, 0) is 13.1 Å². The molecule has 2 aromatic rings. The Morgan fingerprint density at radius 2 is 1.78 bits per heavy atom. The molecule has 2 rings (SSSR count). The average molecular weight is 266 g/mol. The lowest BCUT2D eigenvalue weighted by molar-refractivity contribution is 0.673. The zero-order chi connectivity index (χ0) is 13.0. The molecule has 0 bridgehead atoms. The van der Waals surface area contributed by atoms with Gasteiger partial charge in [0.25, 0.3) is 5.56 Å². The molecule has 0 aliphatic heterocycles. The van der Waals surface area contributed by atoms with E-state index < -0.39 is 11.2 Å². The second-order valence-electron chi connectivity index (χ2n) is 3.84. The van der Waals surface area contributed by atoms with Crippen molar-refractivity contribution in [1.82, 2.24) is 15.3 Å². The summed E-state index contributed by atoms with van der Waals surface area (Å²) in [7, 11) is 0. The van der Waals surface area contributed by atoms with Crippen molar-refractivity contribution in [3.63, 3.8) is 0 Å². The smallest absolute Gasteiger partial charge is 0.310 e. The number of aromatic nitrogens is 2. The fraction of sp³-hybridized carbons (Fsp3) is 0.167. The third-order valence-corrected chi connectivity index (χ3v) is 2.63. The summed E-state index contributed by atoms with van der Waals surface area (Å²) >= 11 is 5.78. The largest absolute Gasteiger partial charge is 0.325 e. The molecule has 1 aromatic carbocycles. The standard InChI is InChI=1S/C12H12ClN3O2/c13-9-3-1-8(2-4-9)6-14-7-10-5-11(17)16-12(18)15-10/h1-5,14H,6-7H2,(H2,15,16,17,18). The predicted molar refractivity (Wildman–Crippen MR) is 69.7 cm³/mol. The molecule has 0 radical (unpaired) electrons. The highest BCUT2D eigenvalue weighted by atomic mass is 35.5. The van der Waals surface area contributed by atoms with Gasteiger partial charge < -0.3 is 10.3 Å². The van der Waals surface area contributed by atoms with E-state index in [-0.39, 0.29) is 0 Å². The maximum absolute atomic E-state index is 11.1. The Morgan fingerprint density at radius 1 is 1.06 bits per heavy atom. The highest BCUT2D eigenvalue weighted by molar-refractivity contribution is 6.30. The Labute approximate surface area is 108 Å². The molecule has 1 aromatic heterocycles. The molecule has 0 spiro atoms. The summed E-state index contributed by atoms with van der Waals surface area (Å²) < 4.78 is 0. The van der Waals surface area contributed by atoms with Crippen molar-refractivity contribution in [2.45, 2.75) is 13.1 Å². The number of nitrogens with one attached hydrogen (secondary N) is 3. The third-order valence-electron chi connectivity index (χ3n) is 2.37. The number of hydrogen-bond donors (Lipinski definition) is 3. The fourth-order valence-electron chi connectivity index (χ4n) is 1.56. The van der Waals surface area contributed by atoms with Gasteiger partial charge in [0.15, 0.2) is 0 Å². The highest BCUT2D eigenvalue weighted by Crippen LogP contribution is 2.09. The molecule has 0 saturated heterocycles. The van der Waals surface area contributed by atoms with Crippen LogP contribution in [0.15, 0.2) is 39.9 Å². The summed E-state index contributed by atoms with van der Waals surface area (Å²) in [5.41, 5.74) is 0.733. The van der Waals surface area contributed by atoms with Crippen molar-refractivity contribution in [2.24, 2.45) is 0 Å². The molecule has 6 heteroatoms. The number of halogens is 1. The van der Waals surface area contributed by atoms with Gasteiger partial charge in [0, 0.05) is 29.9 Å². The van der Waals surface area contributed by atoms with Gasteiger partial charge >= 0.3 is 5.69 Å². The molecule has 0 aliphatic rings. The molecular formula is C12H12ClN3O2. The third kappa shape index (κ3) is 3.58. The van der Waals surface area contributed by atoms with E-state index in [0.717, 1.165) is 5.56 Å². The zero-order valence-electron chi connectivity index (χ0n) is 9.50. The normalized spacial score (nSPS) is 10.5. The molecule has 0 unspecified atom stereocenters. The Morgan fingerprint density at radius 3 is 2.44 bits per heavy atom. The maximum atomic E-state index is 11.1. The summed E-state index contributed by atoms with van der Waals surface area (Å²) in [6.45, 7) is 1.05. The van der Waals surface area contributed by atoms with Crippen molar-refractivity contribution < 1.29 is 0 Å². The molecule has 0 saturated carbocycles. The molecule has 1 heterocycles. The zero-order valence-corrected chi connectivity index (χ0v) is 10.3.